The Morgan fingerprint density at radius 1 is 0.952 bits per heavy atom. The van der Waals surface area contributed by atoms with E-state index in [9.17, 15) is 5.26 Å². The molecule has 0 N–H and O–H groups in total. The third kappa shape index (κ3) is 3.46. The van der Waals surface area contributed by atoms with Crippen LogP contribution in [0.4, 0.5) is 0 Å². The van der Waals surface area contributed by atoms with Crippen molar-refractivity contribution in [1.82, 2.24) is 0 Å². The van der Waals surface area contributed by atoms with Gasteiger partial charge in [0.1, 0.15) is 5.41 Å². The molecule has 0 aliphatic rings. The van der Waals surface area contributed by atoms with Crippen molar-refractivity contribution in [3.05, 3.63) is 71.3 Å². The van der Waals surface area contributed by atoms with E-state index < -0.39 is 5.41 Å². The zero-order valence-corrected chi connectivity index (χ0v) is 13.1. The molecule has 1 unspecified atom stereocenters. The molecule has 1 atom stereocenters. The van der Waals surface area contributed by atoms with Crippen LogP contribution < -0.4 is 0 Å². The first-order valence-electron chi connectivity index (χ1n) is 7.33. The molecule has 2 aromatic rings. The average Bonchev–Trinajstić information content (AvgIpc) is 2.54. The van der Waals surface area contributed by atoms with Crippen molar-refractivity contribution in [2.75, 3.05) is 5.88 Å². The maximum Gasteiger partial charge on any atom is 0.107 e. The molecule has 1 nitrogen and oxygen atoms in total. The summed E-state index contributed by atoms with van der Waals surface area (Å²) in [5, 5.41) is 9.97. The summed E-state index contributed by atoms with van der Waals surface area (Å²) in [5.41, 5.74) is 2.75. The van der Waals surface area contributed by atoms with Crippen molar-refractivity contribution in [1.29, 1.82) is 5.26 Å². The second-order valence-electron chi connectivity index (χ2n) is 5.40. The molecule has 21 heavy (non-hydrogen) atoms. The van der Waals surface area contributed by atoms with Gasteiger partial charge in [0.25, 0.3) is 0 Å². The molecular weight excluding hydrogens is 278 g/mol. The van der Waals surface area contributed by atoms with Crippen molar-refractivity contribution in [2.24, 2.45) is 0 Å². The Balaban J connectivity index is 2.46. The lowest BCUT2D eigenvalue weighted by molar-refractivity contribution is 0.556. The van der Waals surface area contributed by atoms with Gasteiger partial charge in [0.05, 0.1) is 6.07 Å². The SMILES string of the molecule is Cc1ccc(C(C#N)(CCCCCl)c2ccccc2)cc1. The fraction of sp³-hybridized carbons (Fsp3) is 0.316. The van der Waals surface area contributed by atoms with Crippen LogP contribution in [-0.4, -0.2) is 5.88 Å². The van der Waals surface area contributed by atoms with Gasteiger partial charge < -0.3 is 0 Å². The summed E-state index contributed by atoms with van der Waals surface area (Å²) in [4.78, 5) is 0. The maximum absolute atomic E-state index is 9.97. The molecule has 0 saturated carbocycles. The zero-order valence-electron chi connectivity index (χ0n) is 12.3. The number of aryl methyl sites for hydroxylation is 1. The lowest BCUT2D eigenvalue weighted by Crippen LogP contribution is -2.26. The fourth-order valence-electron chi connectivity index (χ4n) is 2.69. The van der Waals surface area contributed by atoms with Crippen molar-refractivity contribution in [3.63, 3.8) is 0 Å². The second kappa shape index (κ2) is 7.29. The number of nitrogens with zero attached hydrogens (tertiary/aromatic N) is 1. The van der Waals surface area contributed by atoms with E-state index in [1.54, 1.807) is 0 Å². The quantitative estimate of drug-likeness (QED) is 0.530. The average molecular weight is 298 g/mol. The Hall–Kier alpha value is -1.78. The van der Waals surface area contributed by atoms with Gasteiger partial charge >= 0.3 is 0 Å². The second-order valence-corrected chi connectivity index (χ2v) is 5.77. The first-order chi connectivity index (χ1) is 10.2. The normalized spacial score (nSPS) is 13.4. The molecule has 0 bridgehead atoms. The van der Waals surface area contributed by atoms with Crippen molar-refractivity contribution in [3.8, 4) is 6.07 Å². The van der Waals surface area contributed by atoms with Gasteiger partial charge in [-0.3, -0.25) is 0 Å². The largest absolute Gasteiger partial charge is 0.197 e. The van der Waals surface area contributed by atoms with Crippen molar-refractivity contribution >= 4 is 11.6 Å². The smallest absolute Gasteiger partial charge is 0.107 e. The molecule has 0 spiro atoms. The standard InChI is InChI=1S/C19H20ClN/c1-16-9-11-18(12-10-16)19(15-21,13-5-6-14-20)17-7-3-2-4-8-17/h2-4,7-12H,5-6,13-14H2,1H3. The molecule has 0 aromatic heterocycles. The van der Waals surface area contributed by atoms with E-state index in [1.165, 1.54) is 5.56 Å². The summed E-state index contributed by atoms with van der Waals surface area (Å²) in [6, 6.07) is 21.0. The van der Waals surface area contributed by atoms with Crippen molar-refractivity contribution in [2.45, 2.75) is 31.6 Å². The summed E-state index contributed by atoms with van der Waals surface area (Å²) < 4.78 is 0. The topological polar surface area (TPSA) is 23.8 Å². The minimum Gasteiger partial charge on any atom is -0.197 e. The van der Waals surface area contributed by atoms with Gasteiger partial charge in [-0.15, -0.1) is 11.6 Å². The predicted octanol–water partition coefficient (Wildman–Crippen LogP) is 5.21. The molecule has 2 rings (SSSR count). The molecule has 2 aromatic carbocycles. The molecule has 0 amide bonds. The Kier molecular flexibility index (Phi) is 5.42. The van der Waals surface area contributed by atoms with Gasteiger partial charge in [-0.05, 0) is 37.3 Å². The highest BCUT2D eigenvalue weighted by Gasteiger charge is 2.33. The van der Waals surface area contributed by atoms with Gasteiger partial charge in [-0.2, -0.15) is 5.26 Å². The summed E-state index contributed by atoms with van der Waals surface area (Å²) in [6.07, 6.45) is 2.67. The van der Waals surface area contributed by atoms with Crippen LogP contribution in [-0.2, 0) is 5.41 Å². The van der Waals surface area contributed by atoms with Crippen LogP contribution in [0.1, 0.15) is 36.0 Å². The maximum atomic E-state index is 9.97. The monoisotopic (exact) mass is 297 g/mol. The van der Waals surface area contributed by atoms with Gasteiger partial charge in [0, 0.05) is 5.88 Å². The molecule has 2 heteroatoms. The number of nitriles is 1. The first-order valence-corrected chi connectivity index (χ1v) is 7.86. The van der Waals surface area contributed by atoms with E-state index in [1.807, 2.05) is 30.3 Å². The Morgan fingerprint density at radius 3 is 2.14 bits per heavy atom. The van der Waals surface area contributed by atoms with E-state index in [0.717, 1.165) is 30.4 Å². The lowest BCUT2D eigenvalue weighted by atomic mass is 9.72. The van der Waals surface area contributed by atoms with Crippen LogP contribution in [0, 0.1) is 18.3 Å². The summed E-state index contributed by atoms with van der Waals surface area (Å²) >= 11 is 5.80. The van der Waals surface area contributed by atoms with Crippen LogP contribution in [0.3, 0.4) is 0 Å². The zero-order chi connectivity index (χ0) is 15.1. The first kappa shape index (κ1) is 15.6. The highest BCUT2D eigenvalue weighted by molar-refractivity contribution is 6.17. The van der Waals surface area contributed by atoms with E-state index >= 15 is 0 Å². The van der Waals surface area contributed by atoms with Crippen LogP contribution in [0.15, 0.2) is 54.6 Å². The fourth-order valence-corrected chi connectivity index (χ4v) is 2.87. The molecule has 0 aliphatic heterocycles. The predicted molar refractivity (Wildman–Crippen MR) is 88.6 cm³/mol. The van der Waals surface area contributed by atoms with E-state index in [2.05, 4.69) is 37.3 Å². The Bertz CT molecular complexity index is 598. The number of halogens is 1. The summed E-state index contributed by atoms with van der Waals surface area (Å²) in [7, 11) is 0. The van der Waals surface area contributed by atoms with E-state index in [0.29, 0.717) is 5.88 Å². The van der Waals surface area contributed by atoms with Crippen LogP contribution in [0.2, 0.25) is 0 Å². The number of alkyl halides is 1. The van der Waals surface area contributed by atoms with Gasteiger partial charge in [-0.1, -0.05) is 60.2 Å². The highest BCUT2D eigenvalue weighted by Crippen LogP contribution is 2.36. The molecule has 0 radical (unpaired) electrons. The summed E-state index contributed by atoms with van der Waals surface area (Å²) in [5.74, 6) is 0.643. The van der Waals surface area contributed by atoms with Crippen LogP contribution in [0.5, 0.6) is 0 Å². The third-order valence-corrected chi connectivity index (χ3v) is 4.20. The third-order valence-electron chi connectivity index (χ3n) is 3.94. The van der Waals surface area contributed by atoms with Gasteiger partial charge in [0.15, 0.2) is 0 Å². The Labute approximate surface area is 132 Å². The van der Waals surface area contributed by atoms with Crippen molar-refractivity contribution < 1.29 is 0 Å². The van der Waals surface area contributed by atoms with Crippen LogP contribution in [0.25, 0.3) is 0 Å². The Morgan fingerprint density at radius 2 is 1.57 bits per heavy atom. The number of benzene rings is 2. The lowest BCUT2D eigenvalue weighted by Gasteiger charge is -2.28. The number of hydrogen-bond donors (Lipinski definition) is 0. The molecule has 0 saturated heterocycles. The molecule has 0 fully saturated rings. The minimum atomic E-state index is -0.582. The summed E-state index contributed by atoms with van der Waals surface area (Å²) in [6.45, 7) is 2.06. The molecule has 0 heterocycles. The minimum absolute atomic E-state index is 0.582. The van der Waals surface area contributed by atoms with Gasteiger partial charge in [0.2, 0.25) is 0 Å². The molecule has 108 valence electrons. The van der Waals surface area contributed by atoms with E-state index in [-0.39, 0.29) is 0 Å². The number of unbranched alkanes of at least 4 members (excludes halogenated alkanes) is 1. The van der Waals surface area contributed by atoms with Crippen LogP contribution >= 0.6 is 11.6 Å². The highest BCUT2D eigenvalue weighted by atomic mass is 35.5. The molecular formula is C19H20ClN. The molecule has 0 aliphatic carbocycles. The number of hydrogen-bond acceptors (Lipinski definition) is 1. The number of rotatable bonds is 6. The van der Waals surface area contributed by atoms with Gasteiger partial charge in [-0.25, -0.2) is 0 Å². The van der Waals surface area contributed by atoms with E-state index in [4.69, 9.17) is 11.6 Å².